The zero-order valence-electron chi connectivity index (χ0n) is 10.8. The SMILES string of the molecule is Cc1nsc(NC(=O)Nc2cc(C(=O)O)ccc2C)n1. The van der Waals surface area contributed by atoms with E-state index in [1.165, 1.54) is 12.1 Å². The van der Waals surface area contributed by atoms with E-state index in [1.807, 2.05) is 0 Å². The smallest absolute Gasteiger partial charge is 0.335 e. The highest BCUT2D eigenvalue weighted by atomic mass is 32.1. The number of rotatable bonds is 3. The van der Waals surface area contributed by atoms with Gasteiger partial charge < -0.3 is 10.4 Å². The Labute approximate surface area is 118 Å². The van der Waals surface area contributed by atoms with Gasteiger partial charge in [0.25, 0.3) is 0 Å². The van der Waals surface area contributed by atoms with Gasteiger partial charge in [-0.1, -0.05) is 6.07 Å². The molecule has 2 rings (SSSR count). The number of carbonyl (C=O) groups excluding carboxylic acids is 1. The lowest BCUT2D eigenvalue weighted by Gasteiger charge is -2.09. The molecule has 0 aliphatic heterocycles. The van der Waals surface area contributed by atoms with Crippen molar-refractivity contribution in [1.82, 2.24) is 9.36 Å². The van der Waals surface area contributed by atoms with E-state index in [0.29, 0.717) is 16.6 Å². The van der Waals surface area contributed by atoms with Crippen LogP contribution < -0.4 is 10.6 Å². The fraction of sp³-hybridized carbons (Fsp3) is 0.167. The molecule has 0 bridgehead atoms. The molecule has 0 aliphatic rings. The minimum absolute atomic E-state index is 0.109. The first-order valence-electron chi connectivity index (χ1n) is 5.68. The van der Waals surface area contributed by atoms with Crippen LogP contribution in [0.25, 0.3) is 0 Å². The summed E-state index contributed by atoms with van der Waals surface area (Å²) in [5.74, 6) is -0.470. The molecule has 104 valence electrons. The number of carboxylic acids is 1. The molecular weight excluding hydrogens is 280 g/mol. The van der Waals surface area contributed by atoms with Gasteiger partial charge in [0.2, 0.25) is 5.13 Å². The van der Waals surface area contributed by atoms with Crippen LogP contribution in [0.3, 0.4) is 0 Å². The van der Waals surface area contributed by atoms with Crippen LogP contribution in [0.5, 0.6) is 0 Å². The number of nitrogens with zero attached hydrogens (tertiary/aromatic N) is 2. The molecule has 0 spiro atoms. The van der Waals surface area contributed by atoms with Crippen LogP contribution >= 0.6 is 11.5 Å². The van der Waals surface area contributed by atoms with E-state index in [4.69, 9.17) is 5.11 Å². The Morgan fingerprint density at radius 2 is 2.00 bits per heavy atom. The zero-order chi connectivity index (χ0) is 14.7. The van der Waals surface area contributed by atoms with E-state index in [-0.39, 0.29) is 5.56 Å². The molecule has 0 atom stereocenters. The second kappa shape index (κ2) is 5.66. The van der Waals surface area contributed by atoms with Crippen LogP contribution in [0, 0.1) is 13.8 Å². The summed E-state index contributed by atoms with van der Waals surface area (Å²) >= 11 is 1.07. The molecule has 1 aromatic heterocycles. The van der Waals surface area contributed by atoms with E-state index in [9.17, 15) is 9.59 Å². The molecule has 0 unspecified atom stereocenters. The Kier molecular flexibility index (Phi) is 3.94. The maximum absolute atomic E-state index is 11.8. The van der Waals surface area contributed by atoms with Gasteiger partial charge in [0.15, 0.2) is 0 Å². The normalized spacial score (nSPS) is 10.1. The number of benzene rings is 1. The topological polar surface area (TPSA) is 104 Å². The van der Waals surface area contributed by atoms with Gasteiger partial charge in [-0.05, 0) is 31.5 Å². The lowest BCUT2D eigenvalue weighted by molar-refractivity contribution is 0.0697. The molecule has 0 saturated carbocycles. The predicted octanol–water partition coefficient (Wildman–Crippen LogP) is 2.50. The van der Waals surface area contributed by atoms with Crippen molar-refractivity contribution >= 4 is 34.4 Å². The summed E-state index contributed by atoms with van der Waals surface area (Å²) in [5.41, 5.74) is 1.31. The number of amides is 2. The lowest BCUT2D eigenvalue weighted by Crippen LogP contribution is -2.20. The van der Waals surface area contributed by atoms with E-state index < -0.39 is 12.0 Å². The van der Waals surface area contributed by atoms with Crippen molar-refractivity contribution in [2.45, 2.75) is 13.8 Å². The molecule has 2 amide bonds. The first-order chi connectivity index (χ1) is 9.45. The molecule has 8 heteroatoms. The molecule has 0 aliphatic carbocycles. The Bertz CT molecular complexity index is 668. The maximum atomic E-state index is 11.8. The summed E-state index contributed by atoms with van der Waals surface area (Å²) in [6.07, 6.45) is 0. The Morgan fingerprint density at radius 1 is 1.25 bits per heavy atom. The minimum atomic E-state index is -1.05. The van der Waals surface area contributed by atoms with Crippen LogP contribution in [0.15, 0.2) is 18.2 Å². The Morgan fingerprint density at radius 3 is 2.60 bits per heavy atom. The largest absolute Gasteiger partial charge is 0.478 e. The van der Waals surface area contributed by atoms with Crippen molar-refractivity contribution in [3.63, 3.8) is 0 Å². The Hall–Kier alpha value is -2.48. The first-order valence-corrected chi connectivity index (χ1v) is 6.45. The molecule has 20 heavy (non-hydrogen) atoms. The second-order valence-corrected chi connectivity index (χ2v) is 4.81. The summed E-state index contributed by atoms with van der Waals surface area (Å²) in [6, 6.07) is 4.03. The number of aromatic nitrogens is 2. The van der Waals surface area contributed by atoms with Crippen LogP contribution in [0.1, 0.15) is 21.7 Å². The molecule has 7 nitrogen and oxygen atoms in total. The molecule has 1 heterocycles. The monoisotopic (exact) mass is 292 g/mol. The van der Waals surface area contributed by atoms with Crippen molar-refractivity contribution in [3.05, 3.63) is 35.2 Å². The molecule has 0 radical (unpaired) electrons. The number of urea groups is 1. The lowest BCUT2D eigenvalue weighted by atomic mass is 10.1. The third kappa shape index (κ3) is 3.29. The van der Waals surface area contributed by atoms with Crippen molar-refractivity contribution < 1.29 is 14.7 Å². The molecule has 2 aromatic rings. The number of hydrogen-bond acceptors (Lipinski definition) is 5. The third-order valence-electron chi connectivity index (χ3n) is 2.48. The fourth-order valence-corrected chi connectivity index (χ4v) is 2.06. The quantitative estimate of drug-likeness (QED) is 0.806. The van der Waals surface area contributed by atoms with Crippen molar-refractivity contribution in [2.75, 3.05) is 10.6 Å². The molecular formula is C12H12N4O3S. The minimum Gasteiger partial charge on any atom is -0.478 e. The highest BCUT2D eigenvalue weighted by molar-refractivity contribution is 7.09. The molecule has 3 N–H and O–H groups in total. The fourth-order valence-electron chi connectivity index (χ4n) is 1.49. The van der Waals surface area contributed by atoms with Gasteiger partial charge in [0, 0.05) is 17.2 Å². The van der Waals surface area contributed by atoms with Crippen LogP contribution in [-0.4, -0.2) is 26.5 Å². The summed E-state index contributed by atoms with van der Waals surface area (Å²) in [4.78, 5) is 26.7. The summed E-state index contributed by atoms with van der Waals surface area (Å²) < 4.78 is 3.94. The van der Waals surface area contributed by atoms with Crippen molar-refractivity contribution in [2.24, 2.45) is 0 Å². The number of anilines is 2. The second-order valence-electron chi connectivity index (χ2n) is 4.06. The van der Waals surface area contributed by atoms with Gasteiger partial charge in [0.1, 0.15) is 5.82 Å². The zero-order valence-corrected chi connectivity index (χ0v) is 11.6. The highest BCUT2D eigenvalue weighted by Crippen LogP contribution is 2.18. The number of carboxylic acid groups (broad SMARTS) is 1. The van der Waals surface area contributed by atoms with Gasteiger partial charge in [-0.3, -0.25) is 5.32 Å². The standard InChI is InChI=1S/C12H12N4O3S/c1-6-3-4-8(10(17)18)5-9(6)14-11(19)15-12-13-7(2)16-20-12/h3-5H,1-2H3,(H,17,18)(H2,13,14,15,16,19). The molecule has 0 fully saturated rings. The predicted molar refractivity (Wildman–Crippen MR) is 75.4 cm³/mol. The molecule has 0 saturated heterocycles. The van der Waals surface area contributed by atoms with Crippen LogP contribution in [-0.2, 0) is 0 Å². The van der Waals surface area contributed by atoms with Crippen molar-refractivity contribution in [1.29, 1.82) is 0 Å². The van der Waals surface area contributed by atoms with Crippen molar-refractivity contribution in [3.8, 4) is 0 Å². The van der Waals surface area contributed by atoms with Gasteiger partial charge >= 0.3 is 12.0 Å². The molecule has 1 aromatic carbocycles. The van der Waals surface area contributed by atoms with Gasteiger partial charge in [-0.25, -0.2) is 14.6 Å². The van der Waals surface area contributed by atoms with E-state index in [0.717, 1.165) is 17.1 Å². The summed E-state index contributed by atoms with van der Waals surface area (Å²) in [6.45, 7) is 3.50. The maximum Gasteiger partial charge on any atom is 0.335 e. The van der Waals surface area contributed by atoms with Gasteiger partial charge in [-0.15, -0.1) is 0 Å². The number of aromatic carboxylic acids is 1. The van der Waals surface area contributed by atoms with E-state index >= 15 is 0 Å². The average molecular weight is 292 g/mol. The number of carbonyl (C=O) groups is 2. The number of nitrogens with one attached hydrogen (secondary N) is 2. The van der Waals surface area contributed by atoms with Crippen LogP contribution in [0.4, 0.5) is 15.6 Å². The Balaban J connectivity index is 2.11. The number of hydrogen-bond donors (Lipinski definition) is 3. The van der Waals surface area contributed by atoms with E-state index in [2.05, 4.69) is 20.0 Å². The van der Waals surface area contributed by atoms with Gasteiger partial charge in [-0.2, -0.15) is 4.37 Å². The van der Waals surface area contributed by atoms with E-state index in [1.54, 1.807) is 19.9 Å². The summed E-state index contributed by atoms with van der Waals surface area (Å²) in [7, 11) is 0. The first kappa shape index (κ1) is 13.9. The summed E-state index contributed by atoms with van der Waals surface area (Å²) in [5, 5.41) is 14.4. The van der Waals surface area contributed by atoms with Gasteiger partial charge in [0.05, 0.1) is 5.56 Å². The average Bonchev–Trinajstić information content (AvgIpc) is 2.77. The van der Waals surface area contributed by atoms with Crippen LogP contribution in [0.2, 0.25) is 0 Å². The third-order valence-corrected chi connectivity index (χ3v) is 3.20. The number of aryl methyl sites for hydroxylation is 2. The highest BCUT2D eigenvalue weighted by Gasteiger charge is 2.10.